The Morgan fingerprint density at radius 2 is 1.62 bits per heavy atom. The maximum absolute atomic E-state index is 13.0. The summed E-state index contributed by atoms with van der Waals surface area (Å²) in [7, 11) is 0. The van der Waals surface area contributed by atoms with Crippen LogP contribution in [0.2, 0.25) is 15.1 Å². The van der Waals surface area contributed by atoms with Gasteiger partial charge >= 0.3 is 0 Å². The van der Waals surface area contributed by atoms with Crippen LogP contribution in [0.1, 0.15) is 26.3 Å². The predicted molar refractivity (Wildman–Crippen MR) is 122 cm³/mol. The van der Waals surface area contributed by atoms with Gasteiger partial charge in [0, 0.05) is 32.5 Å². The first-order chi connectivity index (χ1) is 13.7. The first-order valence-electron chi connectivity index (χ1n) is 9.09. The van der Waals surface area contributed by atoms with Crippen molar-refractivity contribution in [3.8, 4) is 0 Å². The number of rotatable bonds is 8. The molecule has 1 atom stereocenters. The Morgan fingerprint density at radius 3 is 2.21 bits per heavy atom. The summed E-state index contributed by atoms with van der Waals surface area (Å²) in [5, 5.41) is 4.47. The Kier molecular flexibility index (Phi) is 9.15. The number of nitrogens with zero attached hydrogens (tertiary/aromatic N) is 1. The molecule has 0 aliphatic heterocycles. The van der Waals surface area contributed by atoms with Gasteiger partial charge in [-0.05, 0) is 62.7 Å². The third kappa shape index (κ3) is 7.41. The van der Waals surface area contributed by atoms with Crippen LogP contribution in [0.5, 0.6) is 0 Å². The van der Waals surface area contributed by atoms with Crippen molar-refractivity contribution < 1.29 is 9.59 Å². The van der Waals surface area contributed by atoms with Crippen LogP contribution in [-0.2, 0) is 16.1 Å². The molecule has 2 rings (SSSR count). The van der Waals surface area contributed by atoms with Crippen LogP contribution in [0.15, 0.2) is 47.4 Å². The highest BCUT2D eigenvalue weighted by Crippen LogP contribution is 2.25. The second-order valence-corrected chi connectivity index (χ2v) is 9.17. The van der Waals surface area contributed by atoms with Gasteiger partial charge in [-0.1, -0.05) is 40.9 Å². The lowest BCUT2D eigenvalue weighted by Gasteiger charge is -2.29. The molecular formula is C21H23Cl3N2O2S. The fraction of sp³-hybridized carbons (Fsp3) is 0.333. The molecule has 0 saturated heterocycles. The molecule has 0 spiro atoms. The Hall–Kier alpha value is -1.40. The average Bonchev–Trinajstić information content (AvgIpc) is 2.65. The van der Waals surface area contributed by atoms with Crippen LogP contribution in [-0.4, -0.2) is 34.6 Å². The van der Waals surface area contributed by atoms with Crippen LogP contribution in [0.3, 0.4) is 0 Å². The van der Waals surface area contributed by atoms with E-state index in [1.807, 2.05) is 26.0 Å². The van der Waals surface area contributed by atoms with Gasteiger partial charge < -0.3 is 10.2 Å². The zero-order valence-electron chi connectivity index (χ0n) is 16.4. The van der Waals surface area contributed by atoms with Crippen LogP contribution >= 0.6 is 46.6 Å². The molecule has 0 heterocycles. The summed E-state index contributed by atoms with van der Waals surface area (Å²) < 4.78 is 0. The van der Waals surface area contributed by atoms with Crippen molar-refractivity contribution in [2.75, 3.05) is 5.75 Å². The first kappa shape index (κ1) is 23.9. The number of hydrogen-bond donors (Lipinski definition) is 1. The smallest absolute Gasteiger partial charge is 0.242 e. The van der Waals surface area contributed by atoms with Gasteiger partial charge in [-0.3, -0.25) is 9.59 Å². The van der Waals surface area contributed by atoms with E-state index in [0.29, 0.717) is 15.1 Å². The van der Waals surface area contributed by atoms with Gasteiger partial charge in [0.1, 0.15) is 6.04 Å². The van der Waals surface area contributed by atoms with E-state index in [1.54, 1.807) is 37.3 Å². The summed E-state index contributed by atoms with van der Waals surface area (Å²) >= 11 is 19.6. The molecule has 0 radical (unpaired) electrons. The second-order valence-electron chi connectivity index (χ2n) is 6.84. The van der Waals surface area contributed by atoms with Crippen molar-refractivity contribution in [1.82, 2.24) is 10.2 Å². The lowest BCUT2D eigenvalue weighted by molar-refractivity contribution is -0.138. The Bertz CT molecular complexity index is 860. The van der Waals surface area contributed by atoms with Crippen molar-refractivity contribution >= 4 is 58.4 Å². The van der Waals surface area contributed by atoms with E-state index >= 15 is 0 Å². The zero-order chi connectivity index (χ0) is 21.6. The lowest BCUT2D eigenvalue weighted by Crippen LogP contribution is -2.49. The molecule has 0 bridgehead atoms. The minimum absolute atomic E-state index is 0.0236. The zero-order valence-corrected chi connectivity index (χ0v) is 19.5. The van der Waals surface area contributed by atoms with E-state index in [0.717, 1.165) is 10.5 Å². The van der Waals surface area contributed by atoms with E-state index in [9.17, 15) is 9.59 Å². The Balaban J connectivity index is 2.18. The molecule has 2 aromatic carbocycles. The molecule has 2 aromatic rings. The molecule has 1 N–H and O–H groups in total. The molecular weight excluding hydrogens is 451 g/mol. The minimum atomic E-state index is -0.650. The predicted octanol–water partition coefficient (Wildman–Crippen LogP) is 5.68. The highest BCUT2D eigenvalue weighted by atomic mass is 35.5. The highest BCUT2D eigenvalue weighted by molar-refractivity contribution is 8.00. The molecule has 1 unspecified atom stereocenters. The molecule has 4 nitrogen and oxygen atoms in total. The van der Waals surface area contributed by atoms with Crippen molar-refractivity contribution in [3.05, 3.63) is 63.1 Å². The van der Waals surface area contributed by atoms with E-state index < -0.39 is 6.04 Å². The quantitative estimate of drug-likeness (QED) is 0.502. The Morgan fingerprint density at radius 1 is 1.00 bits per heavy atom. The summed E-state index contributed by atoms with van der Waals surface area (Å²) in [6.45, 7) is 5.68. The maximum Gasteiger partial charge on any atom is 0.242 e. The van der Waals surface area contributed by atoms with E-state index in [2.05, 4.69) is 5.32 Å². The molecule has 0 aromatic heterocycles. The maximum atomic E-state index is 13.0. The van der Waals surface area contributed by atoms with Crippen molar-refractivity contribution in [3.63, 3.8) is 0 Å². The van der Waals surface area contributed by atoms with Crippen LogP contribution in [0.25, 0.3) is 0 Å². The number of carbonyl (C=O) groups excluding carboxylic acids is 2. The number of nitrogens with one attached hydrogen (secondary N) is 1. The van der Waals surface area contributed by atoms with Gasteiger partial charge in [0.2, 0.25) is 11.8 Å². The van der Waals surface area contributed by atoms with Crippen molar-refractivity contribution in [2.45, 2.75) is 44.3 Å². The van der Waals surface area contributed by atoms with Gasteiger partial charge in [0.05, 0.1) is 5.75 Å². The summed E-state index contributed by atoms with van der Waals surface area (Å²) in [6.07, 6.45) is 0. The van der Waals surface area contributed by atoms with Gasteiger partial charge in [-0.2, -0.15) is 0 Å². The second kappa shape index (κ2) is 11.1. The number of benzene rings is 2. The van der Waals surface area contributed by atoms with Gasteiger partial charge in [0.15, 0.2) is 0 Å². The van der Waals surface area contributed by atoms with E-state index in [1.165, 1.54) is 16.7 Å². The fourth-order valence-electron chi connectivity index (χ4n) is 2.58. The molecule has 2 amide bonds. The molecule has 0 fully saturated rings. The molecule has 0 aliphatic carbocycles. The number of carbonyl (C=O) groups is 2. The SMILES string of the molecule is CC(C)NC(=O)C(C)N(Cc1ccc(Cl)cc1Cl)C(=O)CSc1ccc(Cl)cc1. The Labute approximate surface area is 190 Å². The number of amides is 2. The van der Waals surface area contributed by atoms with Gasteiger partial charge in [0.25, 0.3) is 0 Å². The third-order valence-electron chi connectivity index (χ3n) is 4.13. The van der Waals surface area contributed by atoms with Gasteiger partial charge in [-0.15, -0.1) is 11.8 Å². The van der Waals surface area contributed by atoms with E-state index in [-0.39, 0.29) is 30.2 Å². The summed E-state index contributed by atoms with van der Waals surface area (Å²) in [4.78, 5) is 28.0. The fourth-order valence-corrected chi connectivity index (χ4v) is 3.96. The van der Waals surface area contributed by atoms with Crippen LogP contribution < -0.4 is 5.32 Å². The number of thioether (sulfide) groups is 1. The molecule has 156 valence electrons. The van der Waals surface area contributed by atoms with Crippen LogP contribution in [0, 0.1) is 0 Å². The van der Waals surface area contributed by atoms with Gasteiger partial charge in [-0.25, -0.2) is 0 Å². The lowest BCUT2D eigenvalue weighted by atomic mass is 10.1. The molecule has 0 aliphatic rings. The average molecular weight is 474 g/mol. The van der Waals surface area contributed by atoms with E-state index in [4.69, 9.17) is 34.8 Å². The summed E-state index contributed by atoms with van der Waals surface area (Å²) in [6, 6.07) is 11.7. The van der Waals surface area contributed by atoms with Crippen LogP contribution in [0.4, 0.5) is 0 Å². The minimum Gasteiger partial charge on any atom is -0.352 e. The standard InChI is InChI=1S/C21H23Cl3N2O2S/c1-13(2)25-21(28)14(3)26(11-15-4-5-17(23)10-19(15)24)20(27)12-29-18-8-6-16(22)7-9-18/h4-10,13-14H,11-12H2,1-3H3,(H,25,28). The molecule has 29 heavy (non-hydrogen) atoms. The third-order valence-corrected chi connectivity index (χ3v) is 5.97. The highest BCUT2D eigenvalue weighted by Gasteiger charge is 2.27. The molecule has 0 saturated carbocycles. The topological polar surface area (TPSA) is 49.4 Å². The first-order valence-corrected chi connectivity index (χ1v) is 11.2. The monoisotopic (exact) mass is 472 g/mol. The number of hydrogen-bond acceptors (Lipinski definition) is 3. The van der Waals surface area contributed by atoms with Crippen molar-refractivity contribution in [2.24, 2.45) is 0 Å². The summed E-state index contributed by atoms with van der Waals surface area (Å²) in [5.41, 5.74) is 0.727. The largest absolute Gasteiger partial charge is 0.352 e. The summed E-state index contributed by atoms with van der Waals surface area (Å²) in [5.74, 6) is -0.191. The molecule has 8 heteroatoms. The normalized spacial score (nSPS) is 12.0. The number of halogens is 3. The van der Waals surface area contributed by atoms with Crippen molar-refractivity contribution in [1.29, 1.82) is 0 Å².